The zero-order chi connectivity index (χ0) is 29.0. The average molecular weight is 567 g/mol. The number of hydrogen-bond acceptors (Lipinski definition) is 3. The number of carbonyl (C=O) groups excluding carboxylic acids is 1. The zero-order valence-corrected chi connectivity index (χ0v) is 22.2. The quantitative estimate of drug-likeness (QED) is 0.484. The number of ether oxygens (including phenoxy) is 1. The number of piperidine rings is 1. The lowest BCUT2D eigenvalue weighted by molar-refractivity contribution is -0.228. The van der Waals surface area contributed by atoms with Gasteiger partial charge in [-0.3, -0.25) is 4.79 Å². The smallest absolute Gasteiger partial charge is 0.426 e. The van der Waals surface area contributed by atoms with E-state index in [-0.39, 0.29) is 30.9 Å². The largest absolute Gasteiger partial charge is 0.491 e. The van der Waals surface area contributed by atoms with E-state index in [1.807, 2.05) is 0 Å². The molecule has 2 fully saturated rings. The number of nitrogens with zero attached hydrogens (tertiary/aromatic N) is 2. The van der Waals surface area contributed by atoms with Gasteiger partial charge in [-0.25, -0.2) is 13.6 Å². The SMILES string of the molecule is CC1CN(C(=O)N2CCC3(Cc4ccc(F)cc4)c4ccc(C(C)(F)C(F)(F)F)cc4OCC23)CCC1C(=O)O. The van der Waals surface area contributed by atoms with Crippen LogP contribution in [-0.2, 0) is 22.3 Å². The Labute approximate surface area is 228 Å². The second kappa shape index (κ2) is 9.92. The van der Waals surface area contributed by atoms with Gasteiger partial charge in [0.1, 0.15) is 18.2 Å². The summed E-state index contributed by atoms with van der Waals surface area (Å²) < 4.78 is 74.7. The van der Waals surface area contributed by atoms with Crippen molar-refractivity contribution in [1.29, 1.82) is 0 Å². The van der Waals surface area contributed by atoms with Crippen LogP contribution in [0.25, 0.3) is 0 Å². The molecule has 3 aliphatic rings. The third-order valence-corrected chi connectivity index (χ3v) is 8.97. The van der Waals surface area contributed by atoms with Crippen LogP contribution in [0.3, 0.4) is 0 Å². The second-order valence-electron chi connectivity index (χ2n) is 11.4. The molecular weight excluding hydrogens is 535 g/mol. The number of carboxylic acids is 1. The number of amides is 2. The number of rotatable bonds is 4. The Kier molecular flexibility index (Phi) is 6.99. The van der Waals surface area contributed by atoms with Crippen molar-refractivity contribution in [3.63, 3.8) is 0 Å². The Balaban J connectivity index is 1.50. The summed E-state index contributed by atoms with van der Waals surface area (Å²) in [5.41, 5.74) is -3.57. The van der Waals surface area contributed by atoms with Gasteiger partial charge in [-0.05, 0) is 55.9 Å². The Hall–Kier alpha value is -3.37. The maximum absolute atomic E-state index is 14.8. The standard InChI is InChI=1S/C29H31F5N2O4/c1-17-15-35(11-9-21(17)25(37)38)26(39)36-12-10-28(14-18-3-6-20(30)7-4-18)22-8-5-19(27(2,31)29(32,33)34)13-23(22)40-16-24(28)36/h3-8,13,17,21,24H,9-12,14-16H2,1-2H3,(H,37,38). The van der Waals surface area contributed by atoms with Crippen LogP contribution in [-0.4, -0.2) is 65.4 Å². The first-order valence-electron chi connectivity index (χ1n) is 13.3. The molecule has 1 N–H and O–H groups in total. The van der Waals surface area contributed by atoms with Crippen LogP contribution in [0.1, 0.15) is 43.4 Å². The van der Waals surface area contributed by atoms with Crippen molar-refractivity contribution in [2.45, 2.75) is 56.4 Å². The average Bonchev–Trinajstić information content (AvgIpc) is 3.27. The van der Waals surface area contributed by atoms with Crippen molar-refractivity contribution in [1.82, 2.24) is 9.80 Å². The predicted molar refractivity (Wildman–Crippen MR) is 135 cm³/mol. The summed E-state index contributed by atoms with van der Waals surface area (Å²) in [6.07, 6.45) is -3.96. The Morgan fingerprint density at radius 3 is 2.42 bits per heavy atom. The molecule has 5 atom stereocenters. The molecule has 2 aromatic carbocycles. The minimum atomic E-state index is -5.12. The molecule has 11 heteroatoms. The first kappa shape index (κ1) is 28.2. The molecule has 5 rings (SSSR count). The van der Waals surface area contributed by atoms with Crippen molar-refractivity contribution < 1.29 is 41.4 Å². The fraction of sp³-hybridized carbons (Fsp3) is 0.517. The molecule has 0 saturated carbocycles. The maximum Gasteiger partial charge on any atom is 0.426 e. The summed E-state index contributed by atoms with van der Waals surface area (Å²) in [4.78, 5) is 28.6. The van der Waals surface area contributed by atoms with E-state index in [2.05, 4.69) is 0 Å². The predicted octanol–water partition coefficient (Wildman–Crippen LogP) is 5.68. The minimum absolute atomic E-state index is 0.0143. The highest BCUT2D eigenvalue weighted by Crippen LogP contribution is 2.52. The van der Waals surface area contributed by atoms with Crippen LogP contribution < -0.4 is 4.74 Å². The van der Waals surface area contributed by atoms with Crippen LogP contribution in [0.4, 0.5) is 26.7 Å². The van der Waals surface area contributed by atoms with Gasteiger partial charge in [-0.1, -0.05) is 31.2 Å². The van der Waals surface area contributed by atoms with E-state index in [4.69, 9.17) is 4.74 Å². The van der Waals surface area contributed by atoms with Crippen molar-refractivity contribution in [2.24, 2.45) is 11.8 Å². The van der Waals surface area contributed by atoms with Crippen LogP contribution in [0, 0.1) is 17.7 Å². The van der Waals surface area contributed by atoms with Gasteiger partial charge in [0.2, 0.25) is 5.67 Å². The van der Waals surface area contributed by atoms with Crippen LogP contribution in [0.5, 0.6) is 5.75 Å². The van der Waals surface area contributed by atoms with Gasteiger partial charge in [-0.2, -0.15) is 13.2 Å². The van der Waals surface area contributed by atoms with E-state index in [1.54, 1.807) is 28.9 Å². The highest BCUT2D eigenvalue weighted by molar-refractivity contribution is 5.77. The molecule has 0 spiro atoms. The number of aliphatic carboxylic acids is 1. The Morgan fingerprint density at radius 2 is 1.80 bits per heavy atom. The molecule has 3 aliphatic heterocycles. The van der Waals surface area contributed by atoms with Crippen molar-refractivity contribution in [2.75, 3.05) is 26.2 Å². The fourth-order valence-corrected chi connectivity index (χ4v) is 6.55. The second-order valence-corrected chi connectivity index (χ2v) is 11.4. The fourth-order valence-electron chi connectivity index (χ4n) is 6.55. The number of carbonyl (C=O) groups is 2. The van der Waals surface area contributed by atoms with Gasteiger partial charge in [0.25, 0.3) is 0 Å². The van der Waals surface area contributed by atoms with Gasteiger partial charge in [0.15, 0.2) is 0 Å². The zero-order valence-electron chi connectivity index (χ0n) is 22.2. The first-order chi connectivity index (χ1) is 18.7. The van der Waals surface area contributed by atoms with Gasteiger partial charge in [0, 0.05) is 36.2 Å². The maximum atomic E-state index is 14.8. The molecule has 0 aromatic heterocycles. The van der Waals surface area contributed by atoms with E-state index in [0.717, 1.165) is 17.7 Å². The summed E-state index contributed by atoms with van der Waals surface area (Å²) in [5.74, 6) is -1.92. The number of fused-ring (bicyclic) bond motifs is 3. The first-order valence-corrected chi connectivity index (χ1v) is 13.3. The molecule has 6 nitrogen and oxygen atoms in total. The molecule has 5 unspecified atom stereocenters. The number of halogens is 5. The number of hydrogen-bond donors (Lipinski definition) is 1. The van der Waals surface area contributed by atoms with Gasteiger partial charge < -0.3 is 19.6 Å². The number of urea groups is 1. The van der Waals surface area contributed by atoms with Crippen molar-refractivity contribution in [3.8, 4) is 5.75 Å². The molecule has 0 bridgehead atoms. The molecule has 216 valence electrons. The molecule has 2 aromatic rings. The molecule has 2 saturated heterocycles. The summed E-state index contributed by atoms with van der Waals surface area (Å²) in [6.45, 7) is 3.18. The molecule has 40 heavy (non-hydrogen) atoms. The lowest BCUT2D eigenvalue weighted by Gasteiger charge is -2.45. The number of likely N-dealkylation sites (tertiary alicyclic amines) is 2. The van der Waals surface area contributed by atoms with E-state index in [0.29, 0.717) is 44.8 Å². The molecule has 3 heterocycles. The summed E-state index contributed by atoms with van der Waals surface area (Å²) in [6, 6.07) is 8.85. The minimum Gasteiger partial charge on any atom is -0.491 e. The molecular formula is C29H31F5N2O4. The normalized spacial score (nSPS) is 27.8. The van der Waals surface area contributed by atoms with Crippen LogP contribution >= 0.6 is 0 Å². The lowest BCUT2D eigenvalue weighted by Crippen LogP contribution is -2.57. The summed E-state index contributed by atoms with van der Waals surface area (Å²) in [7, 11) is 0. The molecule has 2 amide bonds. The van der Waals surface area contributed by atoms with E-state index in [1.165, 1.54) is 18.2 Å². The monoisotopic (exact) mass is 566 g/mol. The number of benzene rings is 2. The van der Waals surface area contributed by atoms with Gasteiger partial charge >= 0.3 is 18.2 Å². The summed E-state index contributed by atoms with van der Waals surface area (Å²) in [5, 5.41) is 9.46. The van der Waals surface area contributed by atoms with Gasteiger partial charge in [-0.15, -0.1) is 0 Å². The Morgan fingerprint density at radius 1 is 1.10 bits per heavy atom. The van der Waals surface area contributed by atoms with Crippen LogP contribution in [0.15, 0.2) is 42.5 Å². The van der Waals surface area contributed by atoms with E-state index < -0.39 is 46.6 Å². The van der Waals surface area contributed by atoms with Crippen molar-refractivity contribution in [3.05, 3.63) is 65.0 Å². The Bertz CT molecular complexity index is 1300. The molecule has 0 radical (unpaired) electrons. The summed E-state index contributed by atoms with van der Waals surface area (Å²) >= 11 is 0. The van der Waals surface area contributed by atoms with Crippen molar-refractivity contribution >= 4 is 12.0 Å². The third kappa shape index (κ3) is 4.66. The highest BCUT2D eigenvalue weighted by atomic mass is 19.4. The molecule has 0 aliphatic carbocycles. The highest BCUT2D eigenvalue weighted by Gasteiger charge is 2.57. The topological polar surface area (TPSA) is 70.1 Å². The van der Waals surface area contributed by atoms with Gasteiger partial charge in [0.05, 0.1) is 12.0 Å². The van der Waals surface area contributed by atoms with E-state index >= 15 is 0 Å². The van der Waals surface area contributed by atoms with E-state index in [9.17, 15) is 36.6 Å². The lowest BCUT2D eigenvalue weighted by atomic mass is 9.68. The number of alkyl halides is 4. The third-order valence-electron chi connectivity index (χ3n) is 8.97. The number of carboxylic acid groups (broad SMARTS) is 1. The van der Waals surface area contributed by atoms with Crippen LogP contribution in [0.2, 0.25) is 0 Å².